The quantitative estimate of drug-likeness (QED) is 0.802. The van der Waals surface area contributed by atoms with Crippen molar-refractivity contribution in [1.82, 2.24) is 10.2 Å². The van der Waals surface area contributed by atoms with Crippen LogP contribution in [0.5, 0.6) is 5.75 Å². The fourth-order valence-corrected chi connectivity index (χ4v) is 5.26. The highest BCUT2D eigenvalue weighted by Crippen LogP contribution is 2.46. The number of carbonyl (C=O) groups excluding carboxylic acids is 1. The second-order valence-corrected chi connectivity index (χ2v) is 9.34. The van der Waals surface area contributed by atoms with Crippen molar-refractivity contribution in [1.29, 1.82) is 0 Å². The van der Waals surface area contributed by atoms with Crippen LogP contribution in [0.1, 0.15) is 56.6 Å². The van der Waals surface area contributed by atoms with E-state index in [2.05, 4.69) is 45.2 Å². The number of para-hydroxylation sites is 1. The van der Waals surface area contributed by atoms with E-state index in [1.54, 1.807) is 11.3 Å². The molecule has 5 heteroatoms. The molecule has 4 nitrogen and oxygen atoms in total. The third-order valence-corrected chi connectivity index (χ3v) is 6.67. The van der Waals surface area contributed by atoms with Gasteiger partial charge < -0.3 is 10.1 Å². The molecule has 2 aromatic rings. The predicted molar refractivity (Wildman–Crippen MR) is 114 cm³/mol. The number of likely N-dealkylation sites (tertiary alicyclic amines) is 1. The number of hydrogen-bond acceptors (Lipinski definition) is 4. The first kappa shape index (κ1) is 19.5. The number of fused-ring (bicyclic) bond motifs is 1. The molecule has 0 radical (unpaired) electrons. The van der Waals surface area contributed by atoms with Crippen molar-refractivity contribution >= 4 is 17.2 Å². The Morgan fingerprint density at radius 1 is 1.29 bits per heavy atom. The number of carbonyl (C=O) groups is 1. The molecule has 0 saturated carbocycles. The lowest BCUT2D eigenvalue weighted by atomic mass is 9.76. The number of ether oxygens (including phenoxy) is 1. The van der Waals surface area contributed by atoms with Crippen LogP contribution < -0.4 is 10.1 Å². The number of benzene rings is 1. The van der Waals surface area contributed by atoms with Crippen molar-refractivity contribution in [3.63, 3.8) is 0 Å². The number of thiophene rings is 1. The van der Waals surface area contributed by atoms with Gasteiger partial charge in [-0.15, -0.1) is 0 Å². The van der Waals surface area contributed by atoms with Gasteiger partial charge in [0.05, 0.1) is 0 Å². The Balaban J connectivity index is 1.46. The van der Waals surface area contributed by atoms with E-state index in [0.29, 0.717) is 6.42 Å². The van der Waals surface area contributed by atoms with E-state index in [1.165, 1.54) is 11.1 Å². The Morgan fingerprint density at radius 3 is 2.79 bits per heavy atom. The summed E-state index contributed by atoms with van der Waals surface area (Å²) in [6.45, 7) is 7.14. The lowest BCUT2D eigenvalue weighted by Gasteiger charge is -2.47. The van der Waals surface area contributed by atoms with E-state index in [4.69, 9.17) is 4.74 Å². The van der Waals surface area contributed by atoms with Gasteiger partial charge in [0.25, 0.3) is 0 Å². The van der Waals surface area contributed by atoms with E-state index in [9.17, 15) is 4.79 Å². The number of piperidine rings is 1. The molecule has 1 saturated heterocycles. The zero-order chi connectivity index (χ0) is 19.6. The molecule has 1 atom stereocenters. The van der Waals surface area contributed by atoms with Gasteiger partial charge >= 0.3 is 0 Å². The van der Waals surface area contributed by atoms with E-state index >= 15 is 0 Å². The maximum Gasteiger partial charge on any atom is 0.220 e. The molecule has 2 aliphatic heterocycles. The molecule has 2 aliphatic rings. The van der Waals surface area contributed by atoms with Crippen LogP contribution in [0.15, 0.2) is 41.1 Å². The van der Waals surface area contributed by atoms with Crippen molar-refractivity contribution in [3.05, 3.63) is 52.2 Å². The Labute approximate surface area is 171 Å². The van der Waals surface area contributed by atoms with Gasteiger partial charge in [-0.1, -0.05) is 18.2 Å². The Kier molecular flexibility index (Phi) is 5.74. The third kappa shape index (κ3) is 4.41. The molecule has 1 N–H and O–H groups in total. The number of rotatable bonds is 5. The number of nitrogens with one attached hydrogen (secondary N) is 1. The predicted octanol–water partition coefficient (Wildman–Crippen LogP) is 4.56. The zero-order valence-electron chi connectivity index (χ0n) is 16.8. The lowest BCUT2D eigenvalue weighted by Crippen LogP contribution is -2.50. The highest BCUT2D eigenvalue weighted by Gasteiger charge is 2.43. The standard InChI is InChI=1S/C23H30N2O2S/c1-17(2)24-22(26)13-19-14-23(27-21-6-4-3-5-20(19)21)8-10-25(11-9-23)15-18-7-12-28-16-18/h3-7,12,16-17,19H,8-11,13-15H2,1-2H3,(H,24,26). The van der Waals surface area contributed by atoms with Crippen LogP contribution in [0.4, 0.5) is 0 Å². The average molecular weight is 399 g/mol. The summed E-state index contributed by atoms with van der Waals surface area (Å²) in [6, 6.07) is 10.7. The van der Waals surface area contributed by atoms with Crippen molar-refractivity contribution in [2.45, 2.75) is 63.6 Å². The molecule has 1 amide bonds. The maximum atomic E-state index is 12.5. The molecule has 1 aromatic heterocycles. The van der Waals surface area contributed by atoms with Crippen LogP contribution in [0, 0.1) is 0 Å². The summed E-state index contributed by atoms with van der Waals surface area (Å²) in [4.78, 5) is 15.0. The zero-order valence-corrected chi connectivity index (χ0v) is 17.6. The molecule has 3 heterocycles. The number of nitrogens with zero attached hydrogens (tertiary/aromatic N) is 1. The average Bonchev–Trinajstić information content (AvgIpc) is 3.16. The molecule has 4 rings (SSSR count). The largest absolute Gasteiger partial charge is 0.487 e. The summed E-state index contributed by atoms with van der Waals surface area (Å²) in [7, 11) is 0. The SMILES string of the molecule is CC(C)NC(=O)CC1CC2(CCN(Cc3ccsc3)CC2)Oc2ccccc21. The molecule has 1 aromatic carbocycles. The van der Waals surface area contributed by atoms with Crippen LogP contribution in [0.25, 0.3) is 0 Å². The lowest BCUT2D eigenvalue weighted by molar-refractivity contribution is -0.122. The summed E-state index contributed by atoms with van der Waals surface area (Å²) in [6.07, 6.45) is 3.52. The minimum Gasteiger partial charge on any atom is -0.487 e. The molecule has 1 fully saturated rings. The van der Waals surface area contributed by atoms with Crippen molar-refractivity contribution in [2.75, 3.05) is 13.1 Å². The van der Waals surface area contributed by atoms with Gasteiger partial charge in [0.15, 0.2) is 0 Å². The summed E-state index contributed by atoms with van der Waals surface area (Å²) in [5.41, 5.74) is 2.45. The summed E-state index contributed by atoms with van der Waals surface area (Å²) < 4.78 is 6.58. The smallest absolute Gasteiger partial charge is 0.220 e. The van der Waals surface area contributed by atoms with Crippen LogP contribution in [0.3, 0.4) is 0 Å². The second-order valence-electron chi connectivity index (χ2n) is 8.56. The van der Waals surface area contributed by atoms with Crippen LogP contribution in [-0.2, 0) is 11.3 Å². The van der Waals surface area contributed by atoms with E-state index in [1.807, 2.05) is 19.9 Å². The molecule has 1 unspecified atom stereocenters. The minimum absolute atomic E-state index is 0.137. The minimum atomic E-state index is -0.137. The van der Waals surface area contributed by atoms with Gasteiger partial charge in [0.2, 0.25) is 5.91 Å². The van der Waals surface area contributed by atoms with Crippen LogP contribution in [0.2, 0.25) is 0 Å². The van der Waals surface area contributed by atoms with Gasteiger partial charge in [0, 0.05) is 38.0 Å². The van der Waals surface area contributed by atoms with E-state index in [0.717, 1.165) is 44.6 Å². The topological polar surface area (TPSA) is 41.6 Å². The van der Waals surface area contributed by atoms with Gasteiger partial charge in [-0.2, -0.15) is 11.3 Å². The number of amides is 1. The Morgan fingerprint density at radius 2 is 2.07 bits per heavy atom. The molecule has 0 aliphatic carbocycles. The van der Waals surface area contributed by atoms with Gasteiger partial charge in [-0.3, -0.25) is 9.69 Å². The normalized spacial score (nSPS) is 21.3. The molecule has 0 bridgehead atoms. The molecule has 28 heavy (non-hydrogen) atoms. The molecular formula is C23H30N2O2S. The second kappa shape index (κ2) is 8.26. The fraction of sp³-hybridized carbons (Fsp3) is 0.522. The third-order valence-electron chi connectivity index (χ3n) is 5.94. The Hall–Kier alpha value is -1.85. The first-order valence-electron chi connectivity index (χ1n) is 10.3. The first-order valence-corrected chi connectivity index (χ1v) is 11.3. The summed E-state index contributed by atoms with van der Waals surface area (Å²) >= 11 is 1.76. The summed E-state index contributed by atoms with van der Waals surface area (Å²) in [5.74, 6) is 1.34. The monoisotopic (exact) mass is 398 g/mol. The van der Waals surface area contributed by atoms with Gasteiger partial charge in [-0.25, -0.2) is 0 Å². The van der Waals surface area contributed by atoms with E-state index < -0.39 is 0 Å². The fourth-order valence-electron chi connectivity index (χ4n) is 4.60. The van der Waals surface area contributed by atoms with Crippen molar-refractivity contribution < 1.29 is 9.53 Å². The van der Waals surface area contributed by atoms with Crippen molar-refractivity contribution in [3.8, 4) is 5.75 Å². The molecular weight excluding hydrogens is 368 g/mol. The molecule has 150 valence electrons. The van der Waals surface area contributed by atoms with Crippen molar-refractivity contribution in [2.24, 2.45) is 0 Å². The molecule has 1 spiro atoms. The van der Waals surface area contributed by atoms with Gasteiger partial charge in [0.1, 0.15) is 11.4 Å². The van der Waals surface area contributed by atoms with Crippen LogP contribution >= 0.6 is 11.3 Å². The Bertz CT molecular complexity index is 795. The van der Waals surface area contributed by atoms with E-state index in [-0.39, 0.29) is 23.5 Å². The summed E-state index contributed by atoms with van der Waals surface area (Å²) in [5, 5.41) is 7.44. The van der Waals surface area contributed by atoms with Crippen LogP contribution in [-0.4, -0.2) is 35.5 Å². The maximum absolute atomic E-state index is 12.5. The number of hydrogen-bond donors (Lipinski definition) is 1. The first-order chi connectivity index (χ1) is 13.5. The van der Waals surface area contributed by atoms with Gasteiger partial charge in [-0.05, 0) is 67.1 Å². The highest BCUT2D eigenvalue weighted by atomic mass is 32.1. The highest BCUT2D eigenvalue weighted by molar-refractivity contribution is 7.07.